The fourth-order valence-corrected chi connectivity index (χ4v) is 2.37. The van der Waals surface area contributed by atoms with Crippen molar-refractivity contribution in [3.8, 4) is 0 Å². The van der Waals surface area contributed by atoms with Crippen LogP contribution in [0.2, 0.25) is 0 Å². The van der Waals surface area contributed by atoms with Crippen molar-refractivity contribution >= 4 is 60.2 Å². The molecule has 0 saturated carbocycles. The molecule has 0 saturated heterocycles. The van der Waals surface area contributed by atoms with Crippen molar-refractivity contribution in [3.63, 3.8) is 0 Å². The Bertz CT molecular complexity index is 350. The van der Waals surface area contributed by atoms with E-state index in [9.17, 15) is 4.79 Å². The number of ketones is 1. The fraction of sp³-hybridized carbons (Fsp3) is 0.222. The number of carbonyl (C=O) groups excluding carboxylic acids is 1. The maximum Gasteiger partial charge on any atom is 0.174 e. The van der Waals surface area contributed by atoms with Gasteiger partial charge in [-0.15, -0.1) is 0 Å². The molecule has 0 N–H and O–H groups in total. The van der Waals surface area contributed by atoms with Gasteiger partial charge in [-0.3, -0.25) is 4.79 Å². The number of rotatable bonds is 2. The van der Waals surface area contributed by atoms with Crippen molar-refractivity contribution in [2.24, 2.45) is 0 Å². The molecular formula is C9H7Br2IO. The zero-order valence-corrected chi connectivity index (χ0v) is 12.2. The molecule has 1 nitrogen and oxygen atoms in total. The third-order valence-corrected chi connectivity index (χ3v) is 5.16. The largest absolute Gasteiger partial charge is 0.293 e. The molecule has 1 rings (SSSR count). The minimum atomic E-state index is 0.102. The van der Waals surface area contributed by atoms with Gasteiger partial charge in [0.2, 0.25) is 0 Å². The van der Waals surface area contributed by atoms with Crippen LogP contribution in [0.1, 0.15) is 15.9 Å². The molecule has 0 atom stereocenters. The van der Waals surface area contributed by atoms with E-state index in [0.717, 1.165) is 13.6 Å². The first-order valence-corrected chi connectivity index (χ1v) is 6.61. The van der Waals surface area contributed by atoms with E-state index in [4.69, 9.17) is 0 Å². The van der Waals surface area contributed by atoms with Crippen LogP contribution in [0.4, 0.5) is 0 Å². The lowest BCUT2D eigenvalue weighted by Gasteiger charge is -2.05. The number of carbonyl (C=O) groups is 1. The summed E-state index contributed by atoms with van der Waals surface area (Å²) in [6, 6.07) is 3.81. The van der Waals surface area contributed by atoms with Gasteiger partial charge in [-0.2, -0.15) is 0 Å². The Morgan fingerprint density at radius 2 is 2.15 bits per heavy atom. The first-order valence-electron chi connectivity index (χ1n) is 3.61. The van der Waals surface area contributed by atoms with Crippen molar-refractivity contribution < 1.29 is 4.79 Å². The van der Waals surface area contributed by atoms with Gasteiger partial charge in [0, 0.05) is 13.6 Å². The maximum atomic E-state index is 11.4. The highest BCUT2D eigenvalue weighted by molar-refractivity contribution is 14.1. The molecule has 0 spiro atoms. The van der Waals surface area contributed by atoms with Gasteiger partial charge in [0.05, 0.1) is 5.33 Å². The van der Waals surface area contributed by atoms with Crippen molar-refractivity contribution in [1.82, 2.24) is 0 Å². The predicted molar refractivity (Wildman–Crippen MR) is 69.7 cm³/mol. The molecule has 70 valence electrons. The van der Waals surface area contributed by atoms with Crippen LogP contribution in [-0.2, 0) is 0 Å². The number of hydrogen-bond acceptors (Lipinski definition) is 1. The van der Waals surface area contributed by atoms with Crippen molar-refractivity contribution in [2.45, 2.75) is 6.92 Å². The first kappa shape index (κ1) is 11.7. The molecule has 0 unspecified atom stereocenters. The van der Waals surface area contributed by atoms with E-state index < -0.39 is 0 Å². The van der Waals surface area contributed by atoms with Crippen LogP contribution in [0.3, 0.4) is 0 Å². The number of Topliss-reactive ketones (excluding diaryl/α,β-unsaturated/α-hetero) is 1. The highest BCUT2D eigenvalue weighted by Crippen LogP contribution is 2.27. The van der Waals surface area contributed by atoms with Crippen LogP contribution in [0, 0.1) is 10.5 Å². The molecular weight excluding hydrogens is 411 g/mol. The van der Waals surface area contributed by atoms with Gasteiger partial charge in [0.1, 0.15) is 0 Å². The van der Waals surface area contributed by atoms with Gasteiger partial charge in [0.15, 0.2) is 5.78 Å². The number of alkyl halides is 1. The molecule has 0 aromatic heterocycles. The molecule has 0 aliphatic carbocycles. The zero-order valence-electron chi connectivity index (χ0n) is 6.90. The van der Waals surface area contributed by atoms with Gasteiger partial charge in [0.25, 0.3) is 0 Å². The number of hydrogen-bond donors (Lipinski definition) is 0. The summed E-state index contributed by atoms with van der Waals surface area (Å²) in [7, 11) is 0. The lowest BCUT2D eigenvalue weighted by Crippen LogP contribution is -2.02. The van der Waals surface area contributed by atoms with Gasteiger partial charge < -0.3 is 0 Å². The average molecular weight is 418 g/mol. The Kier molecular flexibility index (Phi) is 4.38. The van der Waals surface area contributed by atoms with Crippen molar-refractivity contribution in [1.29, 1.82) is 0 Å². The third-order valence-electron chi connectivity index (χ3n) is 1.70. The SMILES string of the molecule is Cc1ccc(C(=O)CBr)c(Br)c1I. The van der Waals surface area contributed by atoms with Gasteiger partial charge in [-0.1, -0.05) is 22.0 Å². The Labute approximate surface area is 108 Å². The lowest BCUT2D eigenvalue weighted by molar-refractivity contribution is 0.102. The van der Waals surface area contributed by atoms with Crippen molar-refractivity contribution in [2.75, 3.05) is 5.33 Å². The average Bonchev–Trinajstić information content (AvgIpc) is 2.13. The summed E-state index contributed by atoms with van der Waals surface area (Å²) in [5.41, 5.74) is 1.92. The minimum absolute atomic E-state index is 0.102. The monoisotopic (exact) mass is 416 g/mol. The second kappa shape index (κ2) is 4.89. The molecule has 0 aliphatic heterocycles. The van der Waals surface area contributed by atoms with E-state index in [0.29, 0.717) is 5.33 Å². The Hall–Kier alpha value is 0.580. The Morgan fingerprint density at radius 3 is 2.69 bits per heavy atom. The topological polar surface area (TPSA) is 17.1 Å². The van der Waals surface area contributed by atoms with Crippen LogP contribution in [0.25, 0.3) is 0 Å². The van der Waals surface area contributed by atoms with Crippen molar-refractivity contribution in [3.05, 3.63) is 31.3 Å². The molecule has 0 bridgehead atoms. The summed E-state index contributed by atoms with van der Waals surface area (Å²) in [6.07, 6.45) is 0. The highest BCUT2D eigenvalue weighted by atomic mass is 127. The summed E-state index contributed by atoms with van der Waals surface area (Å²) in [5, 5.41) is 0.366. The smallest absolute Gasteiger partial charge is 0.174 e. The standard InChI is InChI=1S/C9H7Br2IO/c1-5-2-3-6(7(13)4-10)8(11)9(5)12/h2-3H,4H2,1H3. The number of aryl methyl sites for hydroxylation is 1. The molecule has 0 radical (unpaired) electrons. The van der Waals surface area contributed by atoms with Crippen LogP contribution < -0.4 is 0 Å². The quantitative estimate of drug-likeness (QED) is 0.405. The molecule has 0 aliphatic rings. The van der Waals surface area contributed by atoms with E-state index in [2.05, 4.69) is 54.5 Å². The van der Waals surface area contributed by atoms with Crippen LogP contribution in [-0.4, -0.2) is 11.1 Å². The normalized spacial score (nSPS) is 10.2. The molecule has 4 heteroatoms. The summed E-state index contributed by atoms with van der Waals surface area (Å²) in [5.74, 6) is 0.102. The van der Waals surface area contributed by atoms with Crippen LogP contribution in [0.15, 0.2) is 16.6 Å². The second-order valence-corrected chi connectivity index (χ2v) is 5.05. The van der Waals surface area contributed by atoms with Crippen LogP contribution in [0.5, 0.6) is 0 Å². The molecule has 0 fully saturated rings. The Morgan fingerprint density at radius 1 is 1.54 bits per heavy atom. The molecule has 0 amide bonds. The van der Waals surface area contributed by atoms with Gasteiger partial charge in [-0.25, -0.2) is 0 Å². The number of benzene rings is 1. The number of halogens is 3. The maximum absolute atomic E-state index is 11.4. The van der Waals surface area contributed by atoms with Gasteiger partial charge >= 0.3 is 0 Å². The highest BCUT2D eigenvalue weighted by Gasteiger charge is 2.11. The minimum Gasteiger partial charge on any atom is -0.293 e. The van der Waals surface area contributed by atoms with E-state index in [-0.39, 0.29) is 5.78 Å². The van der Waals surface area contributed by atoms with E-state index in [1.165, 1.54) is 5.56 Å². The van der Waals surface area contributed by atoms with E-state index >= 15 is 0 Å². The van der Waals surface area contributed by atoms with E-state index in [1.807, 2.05) is 19.1 Å². The molecule has 13 heavy (non-hydrogen) atoms. The predicted octanol–water partition coefficient (Wildman–Crippen LogP) is 3.94. The first-order chi connectivity index (χ1) is 6.07. The summed E-state index contributed by atoms with van der Waals surface area (Å²) >= 11 is 8.81. The molecule has 0 heterocycles. The molecule has 1 aromatic carbocycles. The second-order valence-electron chi connectivity index (χ2n) is 2.61. The summed E-state index contributed by atoms with van der Waals surface area (Å²) in [4.78, 5) is 11.4. The Balaban J connectivity index is 3.26. The van der Waals surface area contributed by atoms with Crippen LogP contribution >= 0.6 is 54.5 Å². The molecule has 1 aromatic rings. The zero-order chi connectivity index (χ0) is 10.0. The summed E-state index contributed by atoms with van der Waals surface area (Å²) in [6.45, 7) is 2.02. The van der Waals surface area contributed by atoms with Gasteiger partial charge in [-0.05, 0) is 57.1 Å². The van der Waals surface area contributed by atoms with E-state index in [1.54, 1.807) is 0 Å². The fourth-order valence-electron chi connectivity index (χ4n) is 0.933. The summed E-state index contributed by atoms with van der Waals surface area (Å²) < 4.78 is 2.00. The third kappa shape index (κ3) is 2.53. The lowest BCUT2D eigenvalue weighted by atomic mass is 10.1.